The molecule has 2 heteroatoms. The lowest BCUT2D eigenvalue weighted by Gasteiger charge is -1.80. The first kappa shape index (κ1) is 7.76. The molecule has 0 aromatic heterocycles. The lowest BCUT2D eigenvalue weighted by molar-refractivity contribution is 1.66. The summed E-state index contributed by atoms with van der Waals surface area (Å²) in [6.07, 6.45) is 0. The first-order valence-corrected chi connectivity index (χ1v) is 2.89. The van der Waals surface area contributed by atoms with Gasteiger partial charge in [0, 0.05) is 12.9 Å². The Morgan fingerprint density at radius 3 is 1.75 bits per heavy atom. The standard InChI is InChI=1S/C6H5Br.B/c7-6-4-2-1-3-5-6;/h1-5H;. The van der Waals surface area contributed by atoms with Gasteiger partial charge in [0.1, 0.15) is 0 Å². The third kappa shape index (κ3) is 2.17. The molecule has 0 spiro atoms. The minimum atomic E-state index is 0. The van der Waals surface area contributed by atoms with Gasteiger partial charge in [-0.3, -0.25) is 0 Å². The van der Waals surface area contributed by atoms with Gasteiger partial charge in [0.05, 0.1) is 0 Å². The molecule has 1 aromatic rings. The Balaban J connectivity index is 0.000000490. The van der Waals surface area contributed by atoms with Crippen LogP contribution >= 0.6 is 15.9 Å². The minimum absolute atomic E-state index is 0. The van der Waals surface area contributed by atoms with Crippen LogP contribution < -0.4 is 0 Å². The summed E-state index contributed by atoms with van der Waals surface area (Å²) in [5.41, 5.74) is 0. The molecule has 1 aromatic carbocycles. The van der Waals surface area contributed by atoms with Crippen LogP contribution in [0.15, 0.2) is 34.8 Å². The Morgan fingerprint density at radius 1 is 1.00 bits per heavy atom. The van der Waals surface area contributed by atoms with E-state index >= 15 is 0 Å². The predicted octanol–water partition coefficient (Wildman–Crippen LogP) is 2.07. The predicted molar refractivity (Wildman–Crippen MR) is 39.9 cm³/mol. The van der Waals surface area contributed by atoms with E-state index in [2.05, 4.69) is 15.9 Å². The van der Waals surface area contributed by atoms with Crippen LogP contribution in [0.25, 0.3) is 0 Å². The highest BCUT2D eigenvalue weighted by molar-refractivity contribution is 9.10. The van der Waals surface area contributed by atoms with Gasteiger partial charge >= 0.3 is 0 Å². The maximum atomic E-state index is 3.31. The molecule has 0 heterocycles. The van der Waals surface area contributed by atoms with Crippen molar-refractivity contribution in [3.8, 4) is 0 Å². The third-order valence-corrected chi connectivity index (χ3v) is 1.26. The fourth-order valence-electron chi connectivity index (χ4n) is 0.415. The summed E-state index contributed by atoms with van der Waals surface area (Å²) in [7, 11) is 0. The second-order valence-electron chi connectivity index (χ2n) is 1.30. The van der Waals surface area contributed by atoms with E-state index in [9.17, 15) is 0 Å². The Hall–Kier alpha value is -0.235. The molecule has 0 fully saturated rings. The number of hydrogen-bond donors (Lipinski definition) is 0. The smallest absolute Gasteiger partial charge is 0.0175 e. The second-order valence-corrected chi connectivity index (χ2v) is 2.21. The second kappa shape index (κ2) is 3.73. The Bertz CT molecular complexity index is 138. The summed E-state index contributed by atoms with van der Waals surface area (Å²) in [5, 5.41) is 0. The van der Waals surface area contributed by atoms with Gasteiger partial charge in [0.25, 0.3) is 0 Å². The molecular formula is C6H5BBr. The molecule has 0 bridgehead atoms. The molecule has 1 rings (SSSR count). The summed E-state index contributed by atoms with van der Waals surface area (Å²) >= 11 is 3.31. The monoisotopic (exact) mass is 167 g/mol. The molecule has 0 unspecified atom stereocenters. The molecule has 8 heavy (non-hydrogen) atoms. The van der Waals surface area contributed by atoms with Crippen LogP contribution in [0, 0.1) is 0 Å². The van der Waals surface area contributed by atoms with E-state index in [4.69, 9.17) is 0 Å². The highest BCUT2D eigenvalue weighted by Crippen LogP contribution is 2.05. The van der Waals surface area contributed by atoms with Crippen molar-refractivity contribution in [3.05, 3.63) is 34.8 Å². The normalized spacial score (nSPS) is 7.62. The van der Waals surface area contributed by atoms with Crippen molar-refractivity contribution in [1.82, 2.24) is 0 Å². The third-order valence-electron chi connectivity index (χ3n) is 0.733. The fraction of sp³-hybridized carbons (Fsp3) is 0. The number of halogens is 1. The van der Waals surface area contributed by atoms with E-state index in [0.717, 1.165) is 4.47 Å². The lowest BCUT2D eigenvalue weighted by Crippen LogP contribution is -1.55. The molecule has 0 amide bonds. The van der Waals surface area contributed by atoms with E-state index in [0.29, 0.717) is 0 Å². The zero-order valence-corrected chi connectivity index (χ0v) is 5.93. The SMILES string of the molecule is Brc1ccccc1.[B]. The molecule has 0 saturated carbocycles. The van der Waals surface area contributed by atoms with Crippen molar-refractivity contribution in [1.29, 1.82) is 0 Å². The van der Waals surface area contributed by atoms with Crippen LogP contribution in [0.3, 0.4) is 0 Å². The van der Waals surface area contributed by atoms with Crippen molar-refractivity contribution in [2.75, 3.05) is 0 Å². The Labute approximate surface area is 59.6 Å². The molecule has 0 aliphatic rings. The van der Waals surface area contributed by atoms with E-state index < -0.39 is 0 Å². The summed E-state index contributed by atoms with van der Waals surface area (Å²) < 4.78 is 1.13. The summed E-state index contributed by atoms with van der Waals surface area (Å²) in [5.74, 6) is 0. The lowest BCUT2D eigenvalue weighted by atomic mass is 10.4. The Morgan fingerprint density at radius 2 is 1.50 bits per heavy atom. The van der Waals surface area contributed by atoms with Crippen molar-refractivity contribution in [2.45, 2.75) is 0 Å². The van der Waals surface area contributed by atoms with Gasteiger partial charge in [-0.2, -0.15) is 0 Å². The van der Waals surface area contributed by atoms with Gasteiger partial charge in [0.15, 0.2) is 0 Å². The van der Waals surface area contributed by atoms with Crippen molar-refractivity contribution >= 4 is 24.3 Å². The molecule has 0 N–H and O–H groups in total. The molecule has 0 aliphatic carbocycles. The maximum absolute atomic E-state index is 3.31. The molecule has 0 aliphatic heterocycles. The fourth-order valence-corrected chi connectivity index (χ4v) is 0.720. The topological polar surface area (TPSA) is 0 Å². The summed E-state index contributed by atoms with van der Waals surface area (Å²) in [6, 6.07) is 9.97. The van der Waals surface area contributed by atoms with Crippen molar-refractivity contribution < 1.29 is 0 Å². The zero-order valence-electron chi connectivity index (χ0n) is 4.34. The van der Waals surface area contributed by atoms with E-state index in [1.54, 1.807) is 0 Å². The molecule has 0 saturated heterocycles. The molecular weight excluding hydrogens is 163 g/mol. The van der Waals surface area contributed by atoms with Crippen LogP contribution in [-0.2, 0) is 0 Å². The molecule has 0 nitrogen and oxygen atoms in total. The van der Waals surface area contributed by atoms with Gasteiger partial charge in [-0.05, 0) is 12.1 Å². The summed E-state index contributed by atoms with van der Waals surface area (Å²) in [4.78, 5) is 0. The molecule has 0 atom stereocenters. The average molecular weight is 168 g/mol. The van der Waals surface area contributed by atoms with Crippen LogP contribution in [-0.4, -0.2) is 8.41 Å². The van der Waals surface area contributed by atoms with Crippen LogP contribution in [0.2, 0.25) is 0 Å². The number of rotatable bonds is 0. The molecule has 3 radical (unpaired) electrons. The van der Waals surface area contributed by atoms with Gasteiger partial charge in [-0.25, -0.2) is 0 Å². The first-order chi connectivity index (χ1) is 3.39. The van der Waals surface area contributed by atoms with E-state index in [-0.39, 0.29) is 8.41 Å². The number of hydrogen-bond acceptors (Lipinski definition) is 0. The highest BCUT2D eigenvalue weighted by Gasteiger charge is 1.74. The van der Waals surface area contributed by atoms with Gasteiger partial charge in [-0.1, -0.05) is 34.1 Å². The largest absolute Gasteiger partial charge is 0.0622 e. The van der Waals surface area contributed by atoms with Crippen LogP contribution in [0.1, 0.15) is 0 Å². The first-order valence-electron chi connectivity index (χ1n) is 2.10. The van der Waals surface area contributed by atoms with Gasteiger partial charge < -0.3 is 0 Å². The van der Waals surface area contributed by atoms with Crippen LogP contribution in [0.5, 0.6) is 0 Å². The molecule has 39 valence electrons. The zero-order chi connectivity index (χ0) is 5.11. The van der Waals surface area contributed by atoms with Crippen LogP contribution in [0.4, 0.5) is 0 Å². The maximum Gasteiger partial charge on any atom is 0.0175 e. The minimum Gasteiger partial charge on any atom is -0.0622 e. The van der Waals surface area contributed by atoms with E-state index in [1.165, 1.54) is 0 Å². The van der Waals surface area contributed by atoms with E-state index in [1.807, 2.05) is 30.3 Å². The van der Waals surface area contributed by atoms with Gasteiger partial charge in [-0.15, -0.1) is 0 Å². The summed E-state index contributed by atoms with van der Waals surface area (Å²) in [6.45, 7) is 0. The Kier molecular flexibility index (Phi) is 3.62. The quantitative estimate of drug-likeness (QED) is 0.520. The van der Waals surface area contributed by atoms with Crippen molar-refractivity contribution in [2.24, 2.45) is 0 Å². The number of benzene rings is 1. The van der Waals surface area contributed by atoms with Gasteiger partial charge in [0.2, 0.25) is 0 Å². The van der Waals surface area contributed by atoms with Crippen molar-refractivity contribution in [3.63, 3.8) is 0 Å². The highest BCUT2D eigenvalue weighted by atomic mass is 79.9. The average Bonchev–Trinajstić information content (AvgIpc) is 1.69.